The summed E-state index contributed by atoms with van der Waals surface area (Å²) in [5, 5.41) is 7.50. The van der Waals surface area contributed by atoms with Crippen LogP contribution in [0.5, 0.6) is 0 Å². The molecule has 0 spiro atoms. The number of nitrogens with zero attached hydrogens (tertiary/aromatic N) is 3. The van der Waals surface area contributed by atoms with Crippen LogP contribution in [0.2, 0.25) is 0 Å². The first-order valence-corrected chi connectivity index (χ1v) is 20.5. The molecule has 9 atom stereocenters. The second kappa shape index (κ2) is 15.8. The molecule has 3 aliphatic carbocycles. The van der Waals surface area contributed by atoms with Crippen molar-refractivity contribution in [2.45, 2.75) is 108 Å². The molecule has 4 fully saturated rings. The van der Waals surface area contributed by atoms with Gasteiger partial charge in [0.15, 0.2) is 5.78 Å². The predicted molar refractivity (Wildman–Crippen MR) is 225 cm³/mol. The molecule has 2 aromatic carbocycles. The molecule has 14 heteroatoms. The van der Waals surface area contributed by atoms with E-state index in [1.165, 1.54) is 29.9 Å². The Balaban J connectivity index is 0.970. The maximum atomic E-state index is 14.5. The van der Waals surface area contributed by atoms with Crippen molar-refractivity contribution in [1.82, 2.24) is 40.8 Å². The van der Waals surface area contributed by atoms with Crippen LogP contribution in [0.15, 0.2) is 48.8 Å². The number of alkyl carbamates (subject to hydrolysis) is 2. The van der Waals surface area contributed by atoms with Crippen LogP contribution in [-0.4, -0.2) is 87.6 Å². The first-order valence-electron chi connectivity index (χ1n) is 25.5. The Morgan fingerprint density at radius 1 is 0.783 bits per heavy atom. The third-order valence-electron chi connectivity index (χ3n) is 13.1. The van der Waals surface area contributed by atoms with Crippen molar-refractivity contribution in [3.05, 3.63) is 71.6 Å². The van der Waals surface area contributed by atoms with Crippen molar-refractivity contribution in [2.75, 3.05) is 20.8 Å². The van der Waals surface area contributed by atoms with Gasteiger partial charge in [0.05, 0.1) is 58.8 Å². The summed E-state index contributed by atoms with van der Waals surface area (Å²) in [5.41, 5.74) is 7.83. The van der Waals surface area contributed by atoms with Crippen LogP contribution in [0.4, 0.5) is 9.59 Å². The number of amides is 3. The Bertz CT molecular complexity index is 2720. The van der Waals surface area contributed by atoms with E-state index in [1.54, 1.807) is 12.4 Å². The fraction of sp³-hybridized carbons (Fsp3) is 0.522. The quantitative estimate of drug-likeness (QED) is 0.0991. The molecule has 5 N–H and O–H groups in total. The molecule has 14 nitrogen and oxygen atoms in total. The number of hydrogen-bond donors (Lipinski definition) is 5. The summed E-state index contributed by atoms with van der Waals surface area (Å²) in [4.78, 5) is 70.6. The van der Waals surface area contributed by atoms with E-state index in [9.17, 15) is 19.2 Å². The fourth-order valence-electron chi connectivity index (χ4n) is 10.2. The van der Waals surface area contributed by atoms with Gasteiger partial charge in [0.25, 0.3) is 0 Å². The highest BCUT2D eigenvalue weighted by molar-refractivity contribution is 5.90. The van der Waals surface area contributed by atoms with Crippen LogP contribution in [0, 0.1) is 23.6 Å². The molecule has 5 unspecified atom stereocenters. The lowest BCUT2D eigenvalue weighted by atomic mass is 9.82. The van der Waals surface area contributed by atoms with Crippen LogP contribution in [0.3, 0.4) is 0 Å². The van der Waals surface area contributed by atoms with Gasteiger partial charge in [0.2, 0.25) is 5.91 Å². The number of nitrogens with one attached hydrogen (secondary N) is 5. The van der Waals surface area contributed by atoms with E-state index in [0.29, 0.717) is 55.0 Å². The van der Waals surface area contributed by atoms with Crippen molar-refractivity contribution < 1.29 is 42.4 Å². The molecular formula is C46H56N8O6. The number of carbonyl (C=O) groups excluding carboxylic acids is 4. The lowest BCUT2D eigenvalue weighted by molar-refractivity contribution is -0.136. The highest BCUT2D eigenvalue weighted by atomic mass is 16.5. The zero-order valence-corrected chi connectivity index (χ0v) is 33.9. The third-order valence-corrected chi connectivity index (χ3v) is 13.1. The molecule has 4 heterocycles. The van der Waals surface area contributed by atoms with E-state index in [-0.39, 0.29) is 5.92 Å². The molecule has 4 aromatic rings. The van der Waals surface area contributed by atoms with Gasteiger partial charge in [-0.05, 0) is 102 Å². The van der Waals surface area contributed by atoms with E-state index in [4.69, 9.17) is 23.4 Å². The number of aromatic amines is 2. The van der Waals surface area contributed by atoms with Gasteiger partial charge in [-0.25, -0.2) is 19.6 Å². The zero-order chi connectivity index (χ0) is 50.7. The molecule has 60 heavy (non-hydrogen) atoms. The maximum Gasteiger partial charge on any atom is 0.407 e. The monoisotopic (exact) mass is 826 g/mol. The van der Waals surface area contributed by atoms with Gasteiger partial charge < -0.3 is 40.3 Å². The second-order valence-electron chi connectivity index (χ2n) is 16.7. The molecule has 2 bridgehead atoms. The number of aromatic nitrogens is 4. The van der Waals surface area contributed by atoms with Gasteiger partial charge in [-0.1, -0.05) is 63.9 Å². The smallest absolute Gasteiger partial charge is 0.407 e. The summed E-state index contributed by atoms with van der Waals surface area (Å²) in [5.74, 6) is -6.70. The third kappa shape index (κ3) is 7.05. The van der Waals surface area contributed by atoms with Crippen molar-refractivity contribution in [2.24, 2.45) is 23.6 Å². The van der Waals surface area contributed by atoms with Gasteiger partial charge in [0, 0.05) is 28.5 Å². The Hall–Kier alpha value is -5.50. The topological polar surface area (TPSA) is 183 Å². The van der Waals surface area contributed by atoms with Gasteiger partial charge in [-0.3, -0.25) is 9.59 Å². The molecule has 2 aliphatic heterocycles. The van der Waals surface area contributed by atoms with Gasteiger partial charge in [-0.2, -0.15) is 0 Å². The average molecular weight is 827 g/mol. The summed E-state index contributed by atoms with van der Waals surface area (Å²) in [6.45, 7) is -4.16. The number of ether oxygens (including phenoxy) is 2. The molecule has 2 aromatic heterocycles. The minimum absolute atomic E-state index is 0.0496. The minimum Gasteiger partial charge on any atom is -0.453 e. The summed E-state index contributed by atoms with van der Waals surface area (Å²) >= 11 is 0. The largest absolute Gasteiger partial charge is 0.453 e. The first-order chi connectivity index (χ1) is 32.8. The number of piperidine rings is 1. The van der Waals surface area contributed by atoms with Crippen LogP contribution >= 0.6 is 0 Å². The Labute approximate surface area is 364 Å². The lowest BCUT2D eigenvalue weighted by Crippen LogP contribution is -2.52. The number of methoxy groups -OCH3 is 2. The van der Waals surface area contributed by atoms with Crippen molar-refractivity contribution in [3.63, 3.8) is 0 Å². The summed E-state index contributed by atoms with van der Waals surface area (Å²) in [7, 11) is 2.05. The van der Waals surface area contributed by atoms with Crippen LogP contribution in [-0.2, 0) is 19.1 Å². The number of fused-ring (bicyclic) bond motifs is 6. The van der Waals surface area contributed by atoms with E-state index in [1.807, 2.05) is 29.6 Å². The van der Waals surface area contributed by atoms with E-state index in [2.05, 4.69) is 42.5 Å². The number of hydrogen-bond acceptors (Lipinski definition) is 9. The Morgan fingerprint density at radius 2 is 1.42 bits per heavy atom. The predicted octanol–water partition coefficient (Wildman–Crippen LogP) is 7.14. The van der Waals surface area contributed by atoms with Crippen molar-refractivity contribution in [1.29, 1.82) is 0 Å². The number of likely N-dealkylation sites (tertiary alicyclic amines) is 1. The molecule has 3 amide bonds. The number of imidazole rings is 2. The number of carbonyl (C=O) groups is 4. The molecule has 2 saturated heterocycles. The fourth-order valence-corrected chi connectivity index (χ4v) is 10.2. The highest BCUT2D eigenvalue weighted by Gasteiger charge is 2.56. The summed E-state index contributed by atoms with van der Waals surface area (Å²) in [6, 6.07) is 4.46. The molecular weight excluding hydrogens is 761 g/mol. The van der Waals surface area contributed by atoms with Crippen LogP contribution in [0.25, 0.3) is 33.6 Å². The van der Waals surface area contributed by atoms with Crippen molar-refractivity contribution >= 4 is 23.9 Å². The van der Waals surface area contributed by atoms with Crippen LogP contribution in [0.1, 0.15) is 126 Å². The van der Waals surface area contributed by atoms with E-state index >= 15 is 0 Å². The average Bonchev–Trinajstić information content (AvgIpc) is 4.07. The minimum atomic E-state index is -3.79. The van der Waals surface area contributed by atoms with Gasteiger partial charge in [-0.15, -0.1) is 0 Å². The van der Waals surface area contributed by atoms with E-state index in [0.717, 1.165) is 61.4 Å². The van der Waals surface area contributed by atoms with Gasteiger partial charge in [0.1, 0.15) is 17.7 Å². The number of benzene rings is 2. The summed E-state index contributed by atoms with van der Waals surface area (Å²) in [6.07, 6.45) is 5.36. The number of rotatable bonds is 12. The van der Waals surface area contributed by atoms with Gasteiger partial charge >= 0.3 is 12.2 Å². The number of ketones is 1. The molecule has 5 aliphatic rings. The number of Topliss-reactive ketones (excluding diaryl/α,β-unsaturated/α-hetero) is 1. The lowest BCUT2D eigenvalue weighted by Gasteiger charge is -2.31. The molecule has 2 saturated carbocycles. The Kier molecular flexibility index (Phi) is 7.83. The van der Waals surface area contributed by atoms with E-state index < -0.39 is 85.4 Å². The molecule has 316 valence electrons. The maximum absolute atomic E-state index is 14.5. The second-order valence-corrected chi connectivity index (χ2v) is 16.7. The standard InChI is InChI=1S/C46H56N8O6/c1-22(2)38(52-45(57)59-5)41(55)31-15-16-47-40(31)43-49-21-33(51-43)30-14-13-29(36-26-11-12-27(17-26)37(30)36)24-7-9-25(10-8-24)32-20-48-42(50-32)35-19-28-18-34(28)54(35)44(56)39(23(3)4)53-46(58)60-6/h7-10,13-14,20-23,26-28,31,34-35,38-40,47H,11-12,15-19H2,1-6H3,(H,48,50)(H,49,51)(H,52,57)(H,53,58)/t26?,27?,28?,31?,34?,35-,38-,39+,40-/m1/s1/i3D3,4D3,22D,23D,38D,39D. The zero-order valence-electron chi connectivity index (χ0n) is 43.9. The van der Waals surface area contributed by atoms with Crippen LogP contribution < -0.4 is 16.0 Å². The Morgan fingerprint density at radius 3 is 2.12 bits per heavy atom. The normalized spacial score (nSPS) is 30.1. The highest BCUT2D eigenvalue weighted by Crippen LogP contribution is 2.58. The first kappa shape index (κ1) is 29.7. The summed E-state index contributed by atoms with van der Waals surface area (Å²) < 4.78 is 93.2. The van der Waals surface area contributed by atoms with Crippen molar-refractivity contribution in [3.8, 4) is 33.6 Å². The SMILES string of the molecule is [2H]C([2H])([2H])C([2H])(C([2H])([2H])[2H])[C@]([2H])(NC(=O)OC)C(=O)N1C2CC2C[C@@H]1c1ncc(-c2ccc(-c3ccc(-c4cnc([C@@H]5NCCC5C(=O)[C@]([2H])(NC(=O)OC)C([2H])(C)C)[nH]4)c4c3C3CCC4C3)cc2)[nH]1. The molecule has 0 radical (unpaired) electrons. The number of H-pyrrole nitrogens is 2. The molecule has 9 rings (SSSR count).